The molecule has 0 spiro atoms. The van der Waals surface area contributed by atoms with Gasteiger partial charge in [0, 0.05) is 0 Å². The Bertz CT molecular complexity index is 573. The van der Waals surface area contributed by atoms with Crippen molar-refractivity contribution < 1.29 is 0 Å². The van der Waals surface area contributed by atoms with Crippen LogP contribution in [0.1, 0.15) is 118 Å². The zero-order chi connectivity index (χ0) is 19.9. The van der Waals surface area contributed by atoms with Crippen molar-refractivity contribution in [1.29, 1.82) is 0 Å². The molecule has 0 amide bonds. The fourth-order valence-electron chi connectivity index (χ4n) is 8.92. The van der Waals surface area contributed by atoms with E-state index in [0.29, 0.717) is 10.8 Å². The van der Waals surface area contributed by atoms with Crippen LogP contribution in [0.3, 0.4) is 0 Å². The van der Waals surface area contributed by atoms with Crippen LogP contribution >= 0.6 is 0 Å². The quantitative estimate of drug-likeness (QED) is 0.401. The van der Waals surface area contributed by atoms with Crippen LogP contribution in [0.5, 0.6) is 0 Å². The van der Waals surface area contributed by atoms with Crippen LogP contribution < -0.4 is 0 Å². The van der Waals surface area contributed by atoms with E-state index in [1.165, 1.54) is 77.0 Å². The fourth-order valence-corrected chi connectivity index (χ4v) is 8.92. The highest BCUT2D eigenvalue weighted by Crippen LogP contribution is 2.67. The molecule has 1 unspecified atom stereocenters. The van der Waals surface area contributed by atoms with Gasteiger partial charge in [0.1, 0.15) is 0 Å². The molecule has 0 aliphatic heterocycles. The summed E-state index contributed by atoms with van der Waals surface area (Å²) in [6.45, 7) is 12.8. The highest BCUT2D eigenvalue weighted by atomic mass is 14.6. The van der Waals surface area contributed by atoms with Gasteiger partial charge >= 0.3 is 0 Å². The lowest BCUT2D eigenvalue weighted by Crippen LogP contribution is -2.50. The molecular weight excluding hydrogens is 336 g/mol. The maximum atomic E-state index is 2.74. The molecule has 160 valence electrons. The van der Waals surface area contributed by atoms with E-state index in [0.717, 1.165) is 35.5 Å². The Balaban J connectivity index is 1.45. The molecule has 0 heteroatoms. The van der Waals surface area contributed by atoms with E-state index in [9.17, 15) is 0 Å². The molecule has 0 aromatic rings. The van der Waals surface area contributed by atoms with Crippen molar-refractivity contribution in [3.05, 3.63) is 11.6 Å². The Labute approximate surface area is 176 Å². The zero-order valence-electron chi connectivity index (χ0n) is 19.7. The number of allylic oxidation sites excluding steroid dienone is 2. The van der Waals surface area contributed by atoms with Gasteiger partial charge in [-0.1, -0.05) is 72.0 Å². The van der Waals surface area contributed by atoms with Crippen LogP contribution in [-0.2, 0) is 0 Å². The molecule has 3 saturated carbocycles. The van der Waals surface area contributed by atoms with Gasteiger partial charge in [-0.3, -0.25) is 0 Å². The van der Waals surface area contributed by atoms with Crippen molar-refractivity contribution in [3.63, 3.8) is 0 Å². The third-order valence-corrected chi connectivity index (χ3v) is 10.8. The first-order valence-corrected chi connectivity index (χ1v) is 13.1. The van der Waals surface area contributed by atoms with Crippen molar-refractivity contribution in [2.24, 2.45) is 46.3 Å². The molecule has 4 rings (SSSR count). The average molecular weight is 385 g/mol. The predicted octanol–water partition coefficient (Wildman–Crippen LogP) is 8.81. The second-order valence-electron chi connectivity index (χ2n) is 12.1. The molecular formula is C28H48. The van der Waals surface area contributed by atoms with Crippen LogP contribution in [-0.4, -0.2) is 0 Å². The highest BCUT2D eigenvalue weighted by Gasteiger charge is 2.59. The van der Waals surface area contributed by atoms with Crippen molar-refractivity contribution >= 4 is 0 Å². The van der Waals surface area contributed by atoms with Gasteiger partial charge in [-0.05, 0) is 104 Å². The second-order valence-corrected chi connectivity index (χ2v) is 12.1. The maximum absolute atomic E-state index is 2.74. The van der Waals surface area contributed by atoms with E-state index in [2.05, 4.69) is 40.7 Å². The normalized spacial score (nSPS) is 44.8. The molecule has 0 aromatic heterocycles. The van der Waals surface area contributed by atoms with E-state index in [1.54, 1.807) is 6.42 Å². The van der Waals surface area contributed by atoms with E-state index >= 15 is 0 Å². The fraction of sp³-hybridized carbons (Fsp3) is 0.929. The Morgan fingerprint density at radius 2 is 1.82 bits per heavy atom. The molecule has 4 aliphatic rings. The zero-order valence-corrected chi connectivity index (χ0v) is 19.7. The molecule has 0 aromatic carbocycles. The largest absolute Gasteiger partial charge is 0.0848 e. The predicted molar refractivity (Wildman–Crippen MR) is 122 cm³/mol. The van der Waals surface area contributed by atoms with Crippen LogP contribution in [0.15, 0.2) is 11.6 Å². The SMILES string of the molecule is CCC(C)CCC[C@@H](C)[C@H]1CC[C@H]2[C@@H]3CCC4=CCCC[C@]4(C)[C@H]3CC[C@]12C. The summed E-state index contributed by atoms with van der Waals surface area (Å²) in [5.41, 5.74) is 3.10. The van der Waals surface area contributed by atoms with Gasteiger partial charge in [-0.2, -0.15) is 0 Å². The Hall–Kier alpha value is -0.260. The van der Waals surface area contributed by atoms with Gasteiger partial charge in [0.05, 0.1) is 0 Å². The smallest absolute Gasteiger partial charge is 0.00853 e. The summed E-state index contributed by atoms with van der Waals surface area (Å²) < 4.78 is 0. The Morgan fingerprint density at radius 3 is 2.61 bits per heavy atom. The van der Waals surface area contributed by atoms with Crippen molar-refractivity contribution in [2.75, 3.05) is 0 Å². The minimum absolute atomic E-state index is 0.572. The molecule has 0 radical (unpaired) electrons. The minimum atomic E-state index is 0.572. The van der Waals surface area contributed by atoms with E-state index in [-0.39, 0.29) is 0 Å². The monoisotopic (exact) mass is 384 g/mol. The van der Waals surface area contributed by atoms with E-state index < -0.39 is 0 Å². The number of rotatable bonds is 6. The second kappa shape index (κ2) is 8.11. The van der Waals surface area contributed by atoms with E-state index in [4.69, 9.17) is 0 Å². The van der Waals surface area contributed by atoms with Crippen molar-refractivity contribution in [2.45, 2.75) is 118 Å². The third-order valence-electron chi connectivity index (χ3n) is 10.8. The molecule has 3 fully saturated rings. The first-order chi connectivity index (χ1) is 13.4. The van der Waals surface area contributed by atoms with Crippen LogP contribution in [0, 0.1) is 46.3 Å². The van der Waals surface area contributed by atoms with Crippen molar-refractivity contribution in [3.8, 4) is 0 Å². The molecule has 8 atom stereocenters. The summed E-state index contributed by atoms with van der Waals surface area (Å²) in [5, 5.41) is 0. The Kier molecular flexibility index (Phi) is 6.08. The molecule has 0 nitrogen and oxygen atoms in total. The lowest BCUT2D eigenvalue weighted by molar-refractivity contribution is -0.0592. The maximum Gasteiger partial charge on any atom is -0.00853 e. The minimum Gasteiger partial charge on any atom is -0.0848 e. The molecule has 0 saturated heterocycles. The van der Waals surface area contributed by atoms with Crippen LogP contribution in [0.4, 0.5) is 0 Å². The molecule has 28 heavy (non-hydrogen) atoms. The molecule has 0 heterocycles. The number of fused-ring (bicyclic) bond motifs is 5. The van der Waals surface area contributed by atoms with E-state index in [1.807, 2.05) is 5.57 Å². The molecule has 4 aliphatic carbocycles. The van der Waals surface area contributed by atoms with Crippen LogP contribution in [0.25, 0.3) is 0 Å². The summed E-state index contributed by atoms with van der Waals surface area (Å²) in [7, 11) is 0. The van der Waals surface area contributed by atoms with Gasteiger partial charge in [-0.25, -0.2) is 0 Å². The molecule has 0 N–H and O–H groups in total. The summed E-state index contributed by atoms with van der Waals surface area (Å²) in [6.07, 6.45) is 21.8. The van der Waals surface area contributed by atoms with Gasteiger partial charge in [0.25, 0.3) is 0 Å². The van der Waals surface area contributed by atoms with Crippen molar-refractivity contribution in [1.82, 2.24) is 0 Å². The standard InChI is InChI=1S/C28H48/c1-6-20(2)10-9-11-21(3)24-15-16-25-23-14-13-22-12-7-8-18-27(22,4)26(23)17-19-28(24,25)5/h12,20-21,23-26H,6-11,13-19H2,1-5H3/t20?,21-,23+,24-,25+,26+,27+,28-/m1/s1. The van der Waals surface area contributed by atoms with Gasteiger partial charge in [0.15, 0.2) is 0 Å². The molecule has 0 bridgehead atoms. The lowest BCUT2D eigenvalue weighted by Gasteiger charge is -2.58. The first kappa shape index (κ1) is 21.0. The van der Waals surface area contributed by atoms with Gasteiger partial charge in [0.2, 0.25) is 0 Å². The summed E-state index contributed by atoms with van der Waals surface area (Å²) in [4.78, 5) is 0. The van der Waals surface area contributed by atoms with Gasteiger partial charge < -0.3 is 0 Å². The summed E-state index contributed by atoms with van der Waals surface area (Å²) >= 11 is 0. The Morgan fingerprint density at radius 1 is 1.00 bits per heavy atom. The average Bonchev–Trinajstić information content (AvgIpc) is 3.04. The third kappa shape index (κ3) is 3.43. The van der Waals surface area contributed by atoms with Crippen LogP contribution in [0.2, 0.25) is 0 Å². The topological polar surface area (TPSA) is 0 Å². The first-order valence-electron chi connectivity index (χ1n) is 13.1. The number of hydrogen-bond donors (Lipinski definition) is 0. The lowest BCUT2D eigenvalue weighted by atomic mass is 9.46. The van der Waals surface area contributed by atoms with Gasteiger partial charge in [-0.15, -0.1) is 0 Å². The highest BCUT2D eigenvalue weighted by molar-refractivity contribution is 5.23. The summed E-state index contributed by atoms with van der Waals surface area (Å²) in [5.74, 6) is 5.96. The number of hydrogen-bond acceptors (Lipinski definition) is 0. The summed E-state index contributed by atoms with van der Waals surface area (Å²) in [6, 6.07) is 0.